The van der Waals surface area contributed by atoms with Gasteiger partial charge < -0.3 is 9.84 Å². The third-order valence-electron chi connectivity index (χ3n) is 0.295. The SMILES string of the molecule is COCCO.FOF.[Ti]. The first kappa shape index (κ1) is 16.2. The molecule has 0 aliphatic carbocycles. The maximum atomic E-state index is 9.12. The topological polar surface area (TPSA) is 38.7 Å². The van der Waals surface area contributed by atoms with Crippen molar-refractivity contribution < 1.29 is 45.8 Å². The van der Waals surface area contributed by atoms with Gasteiger partial charge in [-0.15, -0.1) is 0 Å². The average molecular weight is 178 g/mol. The van der Waals surface area contributed by atoms with Crippen LogP contribution in [0.3, 0.4) is 0 Å². The molecule has 0 heterocycles. The van der Waals surface area contributed by atoms with Crippen molar-refractivity contribution in [2.24, 2.45) is 0 Å². The maximum absolute atomic E-state index is 9.12. The van der Waals surface area contributed by atoms with Crippen LogP contribution in [0, 0.1) is 0 Å². The van der Waals surface area contributed by atoms with Crippen molar-refractivity contribution in [1.29, 1.82) is 0 Å². The standard InChI is InChI=1S/C3H8O2.F2O.Ti/c1-5-3-2-4;1-3-2;/h4H,2-3H2,1H3;;. The van der Waals surface area contributed by atoms with Crippen LogP contribution in [-0.2, 0) is 31.6 Å². The number of halogens is 2. The summed E-state index contributed by atoms with van der Waals surface area (Å²) in [5.74, 6) is 0. The van der Waals surface area contributed by atoms with E-state index < -0.39 is 0 Å². The van der Waals surface area contributed by atoms with E-state index in [4.69, 9.17) is 14.2 Å². The average Bonchev–Trinajstić information content (AvgIpc) is 1.71. The third kappa shape index (κ3) is 58.5. The summed E-state index contributed by atoms with van der Waals surface area (Å²) in [6.45, 7) is 0.566. The number of aliphatic hydroxyl groups excluding tert-OH is 1. The second kappa shape index (κ2) is 23.7. The molecular formula is C3H8F2O3Ti. The molecule has 0 saturated heterocycles. The Morgan fingerprint density at radius 1 is 1.44 bits per heavy atom. The third-order valence-corrected chi connectivity index (χ3v) is 0.295. The van der Waals surface area contributed by atoms with Crippen molar-refractivity contribution >= 4 is 0 Å². The molecule has 0 atom stereocenters. The van der Waals surface area contributed by atoms with Crippen LogP contribution in [0.1, 0.15) is 0 Å². The molecule has 9 heavy (non-hydrogen) atoms. The van der Waals surface area contributed by atoms with Crippen LogP contribution in [0.4, 0.5) is 9.05 Å². The first-order valence-electron chi connectivity index (χ1n) is 1.82. The van der Waals surface area contributed by atoms with Gasteiger partial charge in [0.2, 0.25) is 0 Å². The maximum Gasteiger partial charge on any atom is 0.0693 e. The van der Waals surface area contributed by atoms with Crippen molar-refractivity contribution in [2.75, 3.05) is 20.3 Å². The molecule has 0 radical (unpaired) electrons. The molecule has 56 valence electrons. The van der Waals surface area contributed by atoms with Crippen LogP contribution in [0.25, 0.3) is 0 Å². The number of ether oxygens (including phenoxy) is 1. The van der Waals surface area contributed by atoms with E-state index in [2.05, 4.69) is 4.74 Å². The van der Waals surface area contributed by atoms with Gasteiger partial charge in [0.05, 0.1) is 13.2 Å². The van der Waals surface area contributed by atoms with Gasteiger partial charge in [0, 0.05) is 34.0 Å². The van der Waals surface area contributed by atoms with Gasteiger partial charge in [-0.3, -0.25) is 0 Å². The monoisotopic (exact) mass is 178 g/mol. The molecule has 0 rings (SSSR count). The zero-order valence-electron chi connectivity index (χ0n) is 4.93. The number of hydrogen-bond donors (Lipinski definition) is 1. The largest absolute Gasteiger partial charge is 0.394 e. The van der Waals surface area contributed by atoms with Gasteiger partial charge >= 0.3 is 0 Å². The molecule has 3 nitrogen and oxygen atoms in total. The molecule has 0 saturated carbocycles. The van der Waals surface area contributed by atoms with Gasteiger partial charge in [-0.25, -0.2) is 0 Å². The fourth-order valence-corrected chi connectivity index (χ4v) is 0.0913. The normalized spacial score (nSPS) is 6.67. The molecule has 6 heteroatoms. The van der Waals surface area contributed by atoms with E-state index in [-0.39, 0.29) is 28.3 Å². The summed E-state index contributed by atoms with van der Waals surface area (Å²) in [4.78, 5) is 0. The van der Waals surface area contributed by atoms with Gasteiger partial charge in [0.15, 0.2) is 0 Å². The molecule has 0 bridgehead atoms. The van der Waals surface area contributed by atoms with Gasteiger partial charge in [0.1, 0.15) is 0 Å². The fourth-order valence-electron chi connectivity index (χ4n) is 0.0913. The van der Waals surface area contributed by atoms with Gasteiger partial charge in [0.25, 0.3) is 0 Å². The summed E-state index contributed by atoms with van der Waals surface area (Å²) in [6.07, 6.45) is 0. The number of rotatable bonds is 2. The van der Waals surface area contributed by atoms with Crippen molar-refractivity contribution in [2.45, 2.75) is 0 Å². The Kier molecular flexibility index (Phi) is 42.7. The van der Waals surface area contributed by atoms with E-state index in [1.807, 2.05) is 0 Å². The van der Waals surface area contributed by atoms with Crippen LogP contribution >= 0.6 is 0 Å². The smallest absolute Gasteiger partial charge is 0.0693 e. The first-order chi connectivity index (χ1) is 3.83. The Labute approximate surface area is 66.6 Å². The van der Waals surface area contributed by atoms with Crippen LogP contribution in [-0.4, -0.2) is 25.4 Å². The van der Waals surface area contributed by atoms with Gasteiger partial charge in [-0.2, -0.15) is 0 Å². The second-order valence-electron chi connectivity index (χ2n) is 0.775. The molecule has 0 aliphatic rings. The summed E-state index contributed by atoms with van der Waals surface area (Å²) in [5.41, 5.74) is 0. The van der Waals surface area contributed by atoms with E-state index in [1.54, 1.807) is 7.11 Å². The van der Waals surface area contributed by atoms with Crippen LogP contribution in [0.2, 0.25) is 0 Å². The molecule has 0 aromatic rings. The molecule has 0 aromatic heterocycles. The Morgan fingerprint density at radius 3 is 1.78 bits per heavy atom. The molecule has 0 fully saturated rings. The quantitative estimate of drug-likeness (QED) is 0.621. The fraction of sp³-hybridized carbons (Fsp3) is 1.00. The molecule has 0 unspecified atom stereocenters. The molecule has 0 aliphatic heterocycles. The zero-order chi connectivity index (χ0) is 6.83. The molecule has 0 spiro atoms. The van der Waals surface area contributed by atoms with Crippen molar-refractivity contribution in [3.05, 3.63) is 0 Å². The first-order valence-corrected chi connectivity index (χ1v) is 1.82. The summed E-state index contributed by atoms with van der Waals surface area (Å²) in [7, 11) is 1.55. The van der Waals surface area contributed by atoms with Crippen LogP contribution < -0.4 is 0 Å². The van der Waals surface area contributed by atoms with Gasteiger partial charge in [-0.1, -0.05) is 0 Å². The van der Waals surface area contributed by atoms with Crippen molar-refractivity contribution in [1.82, 2.24) is 0 Å². The number of aliphatic hydroxyl groups is 1. The minimum atomic E-state index is 0. The van der Waals surface area contributed by atoms with Crippen LogP contribution in [0.15, 0.2) is 0 Å². The summed E-state index contributed by atoms with van der Waals surface area (Å²) >= 11 is 0. The molecule has 0 amide bonds. The number of hydrogen-bond acceptors (Lipinski definition) is 3. The number of methoxy groups -OCH3 is 1. The minimum absolute atomic E-state index is 0. The predicted octanol–water partition coefficient (Wildman–Crippen LogP) is 0.395. The predicted molar refractivity (Wildman–Crippen MR) is 22.3 cm³/mol. The second-order valence-corrected chi connectivity index (χ2v) is 0.775. The van der Waals surface area contributed by atoms with E-state index >= 15 is 0 Å². The van der Waals surface area contributed by atoms with E-state index in [1.165, 1.54) is 5.15 Å². The minimum Gasteiger partial charge on any atom is -0.394 e. The summed E-state index contributed by atoms with van der Waals surface area (Å²) in [5, 5.41) is 9.19. The Bertz CT molecular complexity index is 31.0. The van der Waals surface area contributed by atoms with Gasteiger partial charge in [-0.05, 0) is 9.05 Å². The summed E-state index contributed by atoms with van der Waals surface area (Å²) in [6, 6.07) is 0. The Balaban J connectivity index is -0.0000000800. The van der Waals surface area contributed by atoms with E-state index in [0.29, 0.717) is 6.61 Å². The van der Waals surface area contributed by atoms with Crippen molar-refractivity contribution in [3.8, 4) is 0 Å². The zero-order valence-corrected chi connectivity index (χ0v) is 6.50. The van der Waals surface area contributed by atoms with E-state index in [9.17, 15) is 0 Å². The van der Waals surface area contributed by atoms with E-state index in [0.717, 1.165) is 0 Å². The molecular weight excluding hydrogens is 170 g/mol. The molecule has 1 N–H and O–H groups in total. The Hall–Kier alpha value is 0.454. The van der Waals surface area contributed by atoms with Crippen LogP contribution in [0.5, 0.6) is 0 Å². The molecule has 0 aromatic carbocycles. The Morgan fingerprint density at radius 2 is 1.78 bits per heavy atom. The van der Waals surface area contributed by atoms with Crippen molar-refractivity contribution in [3.63, 3.8) is 0 Å². The summed E-state index contributed by atoms with van der Waals surface area (Å²) < 4.78 is 22.7.